The van der Waals surface area contributed by atoms with Crippen molar-refractivity contribution >= 4 is 5.69 Å². The Balaban J connectivity index is 3.12. The molecule has 0 aliphatic rings. The molecule has 0 saturated carbocycles. The molecule has 0 aliphatic carbocycles. The molecule has 1 rings (SSSR count). The van der Waals surface area contributed by atoms with Crippen molar-refractivity contribution in [1.29, 1.82) is 0 Å². The van der Waals surface area contributed by atoms with Gasteiger partial charge in [0.15, 0.2) is 0 Å². The van der Waals surface area contributed by atoms with Gasteiger partial charge in [0, 0.05) is 10.6 Å². The zero-order valence-electron chi connectivity index (χ0n) is 6.28. The molecule has 0 N–H and O–H groups in total. The number of halogens is 3. The van der Waals surface area contributed by atoms with Crippen molar-refractivity contribution in [3.63, 3.8) is 0 Å². The van der Waals surface area contributed by atoms with E-state index in [1.54, 1.807) is 0 Å². The highest BCUT2D eigenvalue weighted by Crippen LogP contribution is 2.31. The Hall–Kier alpha value is -1.68. The van der Waals surface area contributed by atoms with Crippen LogP contribution in [0.4, 0.5) is 18.9 Å². The van der Waals surface area contributed by atoms with Crippen molar-refractivity contribution in [1.82, 2.24) is 0 Å². The molecule has 0 atom stereocenters. The predicted molar refractivity (Wildman–Crippen MR) is 40.3 cm³/mol. The van der Waals surface area contributed by atoms with E-state index >= 15 is 0 Å². The number of alkyl halides is 3. The molecule has 0 radical (unpaired) electrons. The van der Waals surface area contributed by atoms with Crippen LogP contribution in [0.5, 0.6) is 0 Å². The van der Waals surface area contributed by atoms with Crippen molar-refractivity contribution in [3.05, 3.63) is 40.3 Å². The summed E-state index contributed by atoms with van der Waals surface area (Å²) in [5, 5.41) is 3.06. The van der Waals surface area contributed by atoms with Gasteiger partial charge >= 0.3 is 6.18 Å². The van der Waals surface area contributed by atoms with Crippen LogP contribution >= 0.6 is 0 Å². The molecule has 0 fully saturated rings. The van der Waals surface area contributed by atoms with E-state index in [4.69, 9.17) is 5.53 Å². The minimum Gasteiger partial charge on any atom is -0.166 e. The Labute approximate surface area is 71.4 Å². The lowest BCUT2D eigenvalue weighted by Crippen LogP contribution is -2.03. The largest absolute Gasteiger partial charge is 0.416 e. The van der Waals surface area contributed by atoms with Gasteiger partial charge in [0.2, 0.25) is 0 Å². The standard InChI is InChI=1S/C7H4F3N3/c8-7(9,10)5-2-1-3-6(4-5)12-13-11/h1-4H. The summed E-state index contributed by atoms with van der Waals surface area (Å²) >= 11 is 0. The highest BCUT2D eigenvalue weighted by atomic mass is 19.4. The molecule has 3 nitrogen and oxygen atoms in total. The monoisotopic (exact) mass is 187 g/mol. The van der Waals surface area contributed by atoms with E-state index in [9.17, 15) is 13.2 Å². The average molecular weight is 187 g/mol. The number of hydrogen-bond acceptors (Lipinski definition) is 1. The number of benzene rings is 1. The Kier molecular flexibility index (Phi) is 2.44. The van der Waals surface area contributed by atoms with Gasteiger partial charge in [-0.15, -0.1) is 0 Å². The quantitative estimate of drug-likeness (QED) is 0.366. The maximum absolute atomic E-state index is 12.1. The summed E-state index contributed by atoms with van der Waals surface area (Å²) in [7, 11) is 0. The van der Waals surface area contributed by atoms with E-state index in [1.165, 1.54) is 12.1 Å². The summed E-state index contributed by atoms with van der Waals surface area (Å²) in [4.78, 5) is 2.39. The Bertz CT molecular complexity index is 352. The van der Waals surface area contributed by atoms with Crippen molar-refractivity contribution in [3.8, 4) is 0 Å². The van der Waals surface area contributed by atoms with Gasteiger partial charge in [0.25, 0.3) is 0 Å². The molecule has 1 aromatic carbocycles. The van der Waals surface area contributed by atoms with Crippen molar-refractivity contribution in [2.24, 2.45) is 5.11 Å². The molecule has 0 amide bonds. The fourth-order valence-electron chi connectivity index (χ4n) is 0.796. The van der Waals surface area contributed by atoms with Crippen LogP contribution < -0.4 is 0 Å². The summed E-state index contributed by atoms with van der Waals surface area (Å²) in [6, 6.07) is 4.19. The minimum atomic E-state index is -4.40. The molecule has 13 heavy (non-hydrogen) atoms. The first-order chi connectivity index (χ1) is 6.04. The number of hydrogen-bond donors (Lipinski definition) is 0. The van der Waals surface area contributed by atoms with Crippen LogP contribution in [-0.4, -0.2) is 0 Å². The zero-order valence-corrected chi connectivity index (χ0v) is 6.28. The van der Waals surface area contributed by atoms with Crippen LogP contribution in [-0.2, 0) is 6.18 Å². The van der Waals surface area contributed by atoms with Crippen molar-refractivity contribution in [2.75, 3.05) is 0 Å². The summed E-state index contributed by atoms with van der Waals surface area (Å²) < 4.78 is 36.2. The van der Waals surface area contributed by atoms with Gasteiger partial charge in [-0.3, -0.25) is 0 Å². The predicted octanol–water partition coefficient (Wildman–Crippen LogP) is 3.65. The third kappa shape index (κ3) is 2.38. The fraction of sp³-hybridized carbons (Fsp3) is 0.143. The fourth-order valence-corrected chi connectivity index (χ4v) is 0.796. The molecule has 0 saturated heterocycles. The Morgan fingerprint density at radius 3 is 2.54 bits per heavy atom. The summed E-state index contributed by atoms with van der Waals surface area (Å²) in [5.74, 6) is 0. The third-order valence-corrected chi connectivity index (χ3v) is 1.33. The van der Waals surface area contributed by atoms with E-state index in [2.05, 4.69) is 10.0 Å². The molecule has 6 heteroatoms. The first kappa shape index (κ1) is 9.41. The van der Waals surface area contributed by atoms with Gasteiger partial charge in [-0.1, -0.05) is 17.2 Å². The number of nitrogens with zero attached hydrogens (tertiary/aromatic N) is 3. The lowest BCUT2D eigenvalue weighted by Gasteiger charge is -2.05. The minimum absolute atomic E-state index is 0.0441. The number of azide groups is 1. The van der Waals surface area contributed by atoms with E-state index in [1.807, 2.05) is 0 Å². The lowest BCUT2D eigenvalue weighted by molar-refractivity contribution is -0.137. The second kappa shape index (κ2) is 3.37. The summed E-state index contributed by atoms with van der Waals surface area (Å²) in [5.41, 5.74) is 7.12. The molecule has 0 unspecified atom stereocenters. The van der Waals surface area contributed by atoms with E-state index in [0.717, 1.165) is 12.1 Å². The van der Waals surface area contributed by atoms with Crippen LogP contribution in [0.1, 0.15) is 5.56 Å². The summed E-state index contributed by atoms with van der Waals surface area (Å²) in [6.07, 6.45) is -4.40. The van der Waals surface area contributed by atoms with Crippen LogP contribution in [0.2, 0.25) is 0 Å². The van der Waals surface area contributed by atoms with Gasteiger partial charge < -0.3 is 0 Å². The summed E-state index contributed by atoms with van der Waals surface area (Å²) in [6.45, 7) is 0. The Morgan fingerprint density at radius 2 is 2.00 bits per heavy atom. The molecular weight excluding hydrogens is 183 g/mol. The van der Waals surface area contributed by atoms with Crippen LogP contribution in [0.25, 0.3) is 10.4 Å². The number of rotatable bonds is 1. The van der Waals surface area contributed by atoms with Crippen LogP contribution in [0, 0.1) is 0 Å². The Morgan fingerprint density at radius 1 is 1.31 bits per heavy atom. The lowest BCUT2D eigenvalue weighted by atomic mass is 10.2. The third-order valence-electron chi connectivity index (χ3n) is 1.33. The van der Waals surface area contributed by atoms with Crippen LogP contribution in [0.15, 0.2) is 29.4 Å². The molecule has 0 bridgehead atoms. The van der Waals surface area contributed by atoms with E-state index < -0.39 is 11.7 Å². The van der Waals surface area contributed by atoms with Crippen LogP contribution in [0.3, 0.4) is 0 Å². The zero-order chi connectivity index (χ0) is 9.90. The molecule has 68 valence electrons. The highest BCUT2D eigenvalue weighted by molar-refractivity contribution is 5.40. The topological polar surface area (TPSA) is 48.8 Å². The first-order valence-corrected chi connectivity index (χ1v) is 3.26. The molecule has 1 aromatic rings. The van der Waals surface area contributed by atoms with Gasteiger partial charge in [-0.2, -0.15) is 13.2 Å². The maximum atomic E-state index is 12.1. The second-order valence-corrected chi connectivity index (χ2v) is 2.24. The van der Waals surface area contributed by atoms with Crippen molar-refractivity contribution in [2.45, 2.75) is 6.18 Å². The van der Waals surface area contributed by atoms with Gasteiger partial charge in [-0.05, 0) is 17.7 Å². The van der Waals surface area contributed by atoms with Crippen molar-refractivity contribution < 1.29 is 13.2 Å². The molecule has 0 aliphatic heterocycles. The maximum Gasteiger partial charge on any atom is 0.416 e. The van der Waals surface area contributed by atoms with Gasteiger partial charge in [-0.25, -0.2) is 0 Å². The van der Waals surface area contributed by atoms with E-state index in [-0.39, 0.29) is 5.69 Å². The smallest absolute Gasteiger partial charge is 0.166 e. The normalized spacial score (nSPS) is 10.7. The highest BCUT2D eigenvalue weighted by Gasteiger charge is 2.30. The van der Waals surface area contributed by atoms with E-state index in [0.29, 0.717) is 0 Å². The SMILES string of the molecule is [N-]=[N+]=Nc1cccc(C(F)(F)F)c1. The average Bonchev–Trinajstić information content (AvgIpc) is 2.04. The first-order valence-electron chi connectivity index (χ1n) is 3.26. The molecule has 0 aromatic heterocycles. The van der Waals surface area contributed by atoms with Gasteiger partial charge in [0.05, 0.1) is 5.56 Å². The second-order valence-electron chi connectivity index (χ2n) is 2.24. The molecule has 0 spiro atoms. The molecular formula is C7H4F3N3. The molecule has 0 heterocycles. The van der Waals surface area contributed by atoms with Gasteiger partial charge in [0.1, 0.15) is 0 Å².